The molecule has 0 aliphatic rings. The Morgan fingerprint density at radius 3 is 2.42 bits per heavy atom. The van der Waals surface area contributed by atoms with E-state index in [0.29, 0.717) is 17.9 Å². The number of rotatable bonds is 9. The van der Waals surface area contributed by atoms with Crippen LogP contribution in [0.4, 0.5) is 0 Å². The molecular formula is C21H28ClNO3. The zero-order valence-corrected chi connectivity index (χ0v) is 16.4. The molecular weight excluding hydrogens is 350 g/mol. The summed E-state index contributed by atoms with van der Waals surface area (Å²) in [4.78, 5) is 11.6. The van der Waals surface area contributed by atoms with Crippen molar-refractivity contribution in [2.75, 3.05) is 13.2 Å². The van der Waals surface area contributed by atoms with E-state index >= 15 is 0 Å². The molecule has 5 heteroatoms. The van der Waals surface area contributed by atoms with Crippen molar-refractivity contribution in [2.45, 2.75) is 39.3 Å². The Balaban J connectivity index is 0.00000338. The molecule has 2 unspecified atom stereocenters. The molecule has 0 aromatic heterocycles. The van der Waals surface area contributed by atoms with Gasteiger partial charge in [-0.2, -0.15) is 0 Å². The highest BCUT2D eigenvalue weighted by molar-refractivity contribution is 5.96. The van der Waals surface area contributed by atoms with Crippen LogP contribution in [0.3, 0.4) is 0 Å². The molecule has 0 saturated heterocycles. The highest BCUT2D eigenvalue weighted by Gasteiger charge is 2.12. The molecule has 4 nitrogen and oxygen atoms in total. The van der Waals surface area contributed by atoms with Crippen LogP contribution in [0.1, 0.15) is 48.3 Å². The average molecular weight is 378 g/mol. The predicted molar refractivity (Wildman–Crippen MR) is 107 cm³/mol. The van der Waals surface area contributed by atoms with Crippen LogP contribution in [0.2, 0.25) is 0 Å². The summed E-state index contributed by atoms with van der Waals surface area (Å²) in [6, 6.07) is 15.7. The molecule has 0 aliphatic heterocycles. The molecule has 0 amide bonds. The maximum Gasteiger partial charge on any atom is 0.163 e. The molecule has 0 saturated carbocycles. The summed E-state index contributed by atoms with van der Waals surface area (Å²) in [5.41, 5.74) is 3.04. The topological polar surface area (TPSA) is 58.6 Å². The second-order valence-corrected chi connectivity index (χ2v) is 6.24. The quantitative estimate of drug-likeness (QED) is 0.649. The summed E-state index contributed by atoms with van der Waals surface area (Å²) in [5, 5.41) is 13.5. The lowest BCUT2D eigenvalue weighted by Crippen LogP contribution is -2.33. The third-order valence-electron chi connectivity index (χ3n) is 4.25. The third kappa shape index (κ3) is 6.45. The van der Waals surface area contributed by atoms with Gasteiger partial charge in [-0.05, 0) is 43.5 Å². The van der Waals surface area contributed by atoms with Crippen molar-refractivity contribution in [3.05, 3.63) is 65.2 Å². The molecule has 2 aromatic rings. The second kappa shape index (κ2) is 11.0. The lowest BCUT2D eigenvalue weighted by Gasteiger charge is -2.18. The standard InChI is InChI=1S/C21H27NO3.ClH/c1-4-17-9-11-18(12-10-17)15(2)22-13-19(24)14-25-21-8-6-5-7-20(21)16(3)23;/h5-12,15,19,22,24H,4,13-14H2,1-3H3;1H. The number of carbonyl (C=O) groups excluding carboxylic acids is 1. The summed E-state index contributed by atoms with van der Waals surface area (Å²) < 4.78 is 5.62. The molecule has 0 fully saturated rings. The molecule has 2 atom stereocenters. The van der Waals surface area contributed by atoms with Gasteiger partial charge >= 0.3 is 0 Å². The molecule has 0 spiro atoms. The van der Waals surface area contributed by atoms with E-state index in [4.69, 9.17) is 4.74 Å². The van der Waals surface area contributed by atoms with E-state index in [0.717, 1.165) is 6.42 Å². The molecule has 2 aromatic carbocycles. The van der Waals surface area contributed by atoms with Crippen molar-refractivity contribution in [3.63, 3.8) is 0 Å². The molecule has 0 heterocycles. The van der Waals surface area contributed by atoms with Crippen LogP contribution in [0, 0.1) is 0 Å². The van der Waals surface area contributed by atoms with Gasteiger partial charge < -0.3 is 15.2 Å². The largest absolute Gasteiger partial charge is 0.490 e. The third-order valence-corrected chi connectivity index (χ3v) is 4.25. The fourth-order valence-electron chi connectivity index (χ4n) is 2.60. The van der Waals surface area contributed by atoms with E-state index in [2.05, 4.69) is 43.4 Å². The number of carbonyl (C=O) groups is 1. The number of hydrogen-bond acceptors (Lipinski definition) is 4. The minimum absolute atomic E-state index is 0. The van der Waals surface area contributed by atoms with Gasteiger partial charge in [0.05, 0.1) is 5.56 Å². The number of Topliss-reactive ketones (excluding diaryl/α,β-unsaturated/α-hetero) is 1. The predicted octanol–water partition coefficient (Wildman–Crippen LogP) is 3.96. The Labute approximate surface area is 162 Å². The first kappa shape index (κ1) is 22.2. The summed E-state index contributed by atoms with van der Waals surface area (Å²) in [7, 11) is 0. The van der Waals surface area contributed by atoms with Gasteiger partial charge in [0.1, 0.15) is 18.5 Å². The number of aliphatic hydroxyl groups excluding tert-OH is 1. The zero-order chi connectivity index (χ0) is 18.2. The minimum Gasteiger partial charge on any atom is -0.490 e. The number of nitrogens with one attached hydrogen (secondary N) is 1. The Bertz CT molecular complexity index is 688. The maximum atomic E-state index is 11.6. The summed E-state index contributed by atoms with van der Waals surface area (Å²) >= 11 is 0. The first-order valence-electron chi connectivity index (χ1n) is 8.74. The lowest BCUT2D eigenvalue weighted by molar-refractivity contribution is 0.0966. The van der Waals surface area contributed by atoms with Gasteiger partial charge in [-0.3, -0.25) is 4.79 Å². The van der Waals surface area contributed by atoms with E-state index in [9.17, 15) is 9.90 Å². The highest BCUT2D eigenvalue weighted by Crippen LogP contribution is 2.18. The number of benzene rings is 2. The number of halogens is 1. The zero-order valence-electron chi connectivity index (χ0n) is 15.6. The van der Waals surface area contributed by atoms with Gasteiger partial charge in [-0.15, -0.1) is 12.4 Å². The average Bonchev–Trinajstić information content (AvgIpc) is 2.64. The fraction of sp³-hybridized carbons (Fsp3) is 0.381. The van der Waals surface area contributed by atoms with Gasteiger partial charge in [0.2, 0.25) is 0 Å². The van der Waals surface area contributed by atoms with Crippen molar-refractivity contribution in [2.24, 2.45) is 0 Å². The van der Waals surface area contributed by atoms with E-state index in [1.54, 1.807) is 18.2 Å². The van der Waals surface area contributed by atoms with Gasteiger partial charge in [0.25, 0.3) is 0 Å². The van der Waals surface area contributed by atoms with Crippen LogP contribution in [0.25, 0.3) is 0 Å². The summed E-state index contributed by atoms with van der Waals surface area (Å²) in [5.74, 6) is 0.463. The van der Waals surface area contributed by atoms with Crippen molar-refractivity contribution in [1.29, 1.82) is 0 Å². The van der Waals surface area contributed by atoms with Gasteiger partial charge in [-0.25, -0.2) is 0 Å². The summed E-state index contributed by atoms with van der Waals surface area (Å²) in [6.45, 7) is 6.26. The fourth-order valence-corrected chi connectivity index (χ4v) is 2.60. The number of para-hydroxylation sites is 1. The van der Waals surface area contributed by atoms with Crippen molar-refractivity contribution < 1.29 is 14.6 Å². The molecule has 2 rings (SSSR count). The monoisotopic (exact) mass is 377 g/mol. The normalized spacial score (nSPS) is 12.8. The minimum atomic E-state index is -0.655. The first-order valence-corrected chi connectivity index (χ1v) is 8.74. The molecule has 26 heavy (non-hydrogen) atoms. The van der Waals surface area contributed by atoms with Gasteiger partial charge in [-0.1, -0.05) is 43.3 Å². The van der Waals surface area contributed by atoms with Crippen molar-refractivity contribution >= 4 is 18.2 Å². The maximum absolute atomic E-state index is 11.6. The number of aryl methyl sites for hydroxylation is 1. The number of aliphatic hydroxyl groups is 1. The number of hydrogen-bond donors (Lipinski definition) is 2. The number of ether oxygens (including phenoxy) is 1. The van der Waals surface area contributed by atoms with E-state index < -0.39 is 6.10 Å². The number of ketones is 1. The molecule has 0 bridgehead atoms. The molecule has 0 aliphatic carbocycles. The highest BCUT2D eigenvalue weighted by atomic mass is 35.5. The Morgan fingerprint density at radius 2 is 1.81 bits per heavy atom. The van der Waals surface area contributed by atoms with Crippen LogP contribution in [0.5, 0.6) is 5.75 Å². The Kier molecular flexibility index (Phi) is 9.35. The first-order chi connectivity index (χ1) is 12.0. The van der Waals surface area contributed by atoms with Crippen LogP contribution in [0.15, 0.2) is 48.5 Å². The van der Waals surface area contributed by atoms with E-state index in [1.165, 1.54) is 18.1 Å². The van der Waals surface area contributed by atoms with Crippen LogP contribution < -0.4 is 10.1 Å². The van der Waals surface area contributed by atoms with E-state index in [-0.39, 0.29) is 30.8 Å². The SMILES string of the molecule is CCc1ccc(C(C)NCC(O)COc2ccccc2C(C)=O)cc1.Cl. The lowest BCUT2D eigenvalue weighted by atomic mass is 10.0. The molecule has 2 N–H and O–H groups in total. The summed E-state index contributed by atoms with van der Waals surface area (Å²) in [6.07, 6.45) is 0.372. The molecule has 142 valence electrons. The van der Waals surface area contributed by atoms with E-state index in [1.807, 2.05) is 6.07 Å². The van der Waals surface area contributed by atoms with Crippen LogP contribution >= 0.6 is 12.4 Å². The Morgan fingerprint density at radius 1 is 1.15 bits per heavy atom. The second-order valence-electron chi connectivity index (χ2n) is 6.24. The van der Waals surface area contributed by atoms with Crippen molar-refractivity contribution in [1.82, 2.24) is 5.32 Å². The van der Waals surface area contributed by atoms with Gasteiger partial charge in [0, 0.05) is 12.6 Å². The van der Waals surface area contributed by atoms with Crippen LogP contribution in [-0.4, -0.2) is 30.1 Å². The van der Waals surface area contributed by atoms with Gasteiger partial charge in [0.15, 0.2) is 5.78 Å². The molecule has 0 radical (unpaired) electrons. The smallest absolute Gasteiger partial charge is 0.163 e. The van der Waals surface area contributed by atoms with Crippen LogP contribution in [-0.2, 0) is 6.42 Å². The van der Waals surface area contributed by atoms with Crippen molar-refractivity contribution in [3.8, 4) is 5.75 Å². The Hall–Kier alpha value is -1.88.